The summed E-state index contributed by atoms with van der Waals surface area (Å²) in [5, 5.41) is 3.19. The van der Waals surface area contributed by atoms with Crippen LogP contribution in [0.15, 0.2) is 53.4 Å². The number of thioether (sulfide) groups is 1. The number of ether oxygens (including phenoxy) is 1. The molecule has 2 atom stereocenters. The molecule has 1 N–H and O–H groups in total. The maximum absolute atomic E-state index is 12.6. The third-order valence-corrected chi connectivity index (χ3v) is 5.53. The lowest BCUT2D eigenvalue weighted by molar-refractivity contribution is -0.121. The number of nitrogens with one attached hydrogen (secondary N) is 1. The van der Waals surface area contributed by atoms with Crippen LogP contribution in [0.1, 0.15) is 23.6 Å². The van der Waals surface area contributed by atoms with Crippen LogP contribution in [0.2, 0.25) is 0 Å². The molecule has 2 aromatic rings. The first kappa shape index (κ1) is 13.7. The highest BCUT2D eigenvalue weighted by molar-refractivity contribution is 8.01. The van der Waals surface area contributed by atoms with Gasteiger partial charge in [0.05, 0.1) is 17.9 Å². The summed E-state index contributed by atoms with van der Waals surface area (Å²) >= 11 is 1.67. The summed E-state index contributed by atoms with van der Waals surface area (Å²) in [4.78, 5) is 13.9. The van der Waals surface area contributed by atoms with Gasteiger partial charge in [-0.25, -0.2) is 0 Å². The second-order valence-electron chi connectivity index (χ2n) is 5.65. The highest BCUT2D eigenvalue weighted by Gasteiger charge is 2.31. The predicted octanol–water partition coefficient (Wildman–Crippen LogP) is 3.34. The van der Waals surface area contributed by atoms with Gasteiger partial charge in [-0.15, -0.1) is 11.8 Å². The number of carbonyl (C=O) groups excluding carboxylic acids is 1. The van der Waals surface area contributed by atoms with Crippen LogP contribution >= 0.6 is 11.8 Å². The molecule has 22 heavy (non-hydrogen) atoms. The lowest BCUT2D eigenvalue weighted by Gasteiger charge is -2.27. The van der Waals surface area contributed by atoms with E-state index in [0.717, 1.165) is 24.2 Å². The zero-order chi connectivity index (χ0) is 14.9. The molecule has 1 amide bonds. The fourth-order valence-corrected chi connectivity index (χ4v) is 4.29. The topological polar surface area (TPSA) is 38.3 Å². The third kappa shape index (κ3) is 2.48. The van der Waals surface area contributed by atoms with Crippen LogP contribution in [0, 0.1) is 0 Å². The molecular formula is C18H17NO2S. The van der Waals surface area contributed by atoms with Gasteiger partial charge in [0.25, 0.3) is 0 Å². The first-order chi connectivity index (χ1) is 10.8. The molecule has 2 aliphatic heterocycles. The molecule has 0 saturated carbocycles. The van der Waals surface area contributed by atoms with Gasteiger partial charge in [-0.3, -0.25) is 4.79 Å². The Hall–Kier alpha value is -1.94. The first-order valence-electron chi connectivity index (χ1n) is 7.58. The minimum absolute atomic E-state index is 0.0209. The minimum atomic E-state index is -0.0209. The second-order valence-corrected chi connectivity index (χ2v) is 6.90. The van der Waals surface area contributed by atoms with E-state index in [1.54, 1.807) is 11.8 Å². The van der Waals surface area contributed by atoms with Crippen LogP contribution in [0.5, 0.6) is 5.75 Å². The monoisotopic (exact) mass is 311 g/mol. The molecular weight excluding hydrogens is 294 g/mol. The fourth-order valence-electron chi connectivity index (χ4n) is 3.08. The summed E-state index contributed by atoms with van der Waals surface area (Å²) in [6.07, 6.45) is 1.64. The molecule has 4 rings (SSSR count). The Balaban J connectivity index is 1.48. The summed E-state index contributed by atoms with van der Waals surface area (Å²) < 4.78 is 5.65. The number of amides is 1. The van der Waals surface area contributed by atoms with Crippen LogP contribution < -0.4 is 10.1 Å². The lowest BCUT2D eigenvalue weighted by atomic mass is 10.00. The number of para-hydroxylation sites is 1. The van der Waals surface area contributed by atoms with Crippen molar-refractivity contribution in [2.45, 2.75) is 29.0 Å². The molecule has 0 aliphatic carbocycles. The van der Waals surface area contributed by atoms with Gasteiger partial charge in [-0.05, 0) is 24.1 Å². The van der Waals surface area contributed by atoms with Gasteiger partial charge in [0.15, 0.2) is 0 Å². The number of benzene rings is 2. The molecule has 0 radical (unpaired) electrons. The highest BCUT2D eigenvalue weighted by Crippen LogP contribution is 2.38. The Morgan fingerprint density at radius 1 is 1.14 bits per heavy atom. The van der Waals surface area contributed by atoms with E-state index in [0.29, 0.717) is 6.61 Å². The van der Waals surface area contributed by atoms with E-state index in [-0.39, 0.29) is 17.2 Å². The Bertz CT molecular complexity index is 691. The van der Waals surface area contributed by atoms with E-state index in [1.165, 1.54) is 10.5 Å². The summed E-state index contributed by atoms with van der Waals surface area (Å²) in [6.45, 7) is 0.653. The standard InChI is InChI=1S/C18H17NO2S/c20-18(17-11-12-5-1-4-8-16(12)22-17)19-14-9-10-21-15-7-3-2-6-13(14)15/h1-8,14,17H,9-11H2,(H,19,20). The Kier molecular flexibility index (Phi) is 3.54. The van der Waals surface area contributed by atoms with E-state index < -0.39 is 0 Å². The van der Waals surface area contributed by atoms with Crippen LogP contribution in [0.25, 0.3) is 0 Å². The van der Waals surface area contributed by atoms with Crippen LogP contribution in [0.4, 0.5) is 0 Å². The number of fused-ring (bicyclic) bond motifs is 2. The quantitative estimate of drug-likeness (QED) is 0.924. The minimum Gasteiger partial charge on any atom is -0.493 e. The van der Waals surface area contributed by atoms with Crippen molar-refractivity contribution in [3.8, 4) is 5.75 Å². The van der Waals surface area contributed by atoms with E-state index in [9.17, 15) is 4.79 Å². The summed E-state index contributed by atoms with van der Waals surface area (Å²) in [7, 11) is 0. The zero-order valence-corrected chi connectivity index (χ0v) is 12.9. The highest BCUT2D eigenvalue weighted by atomic mass is 32.2. The zero-order valence-electron chi connectivity index (χ0n) is 12.1. The second kappa shape index (κ2) is 5.69. The van der Waals surface area contributed by atoms with Crippen molar-refractivity contribution < 1.29 is 9.53 Å². The molecule has 0 fully saturated rings. The molecule has 112 valence electrons. The molecule has 2 aliphatic rings. The van der Waals surface area contributed by atoms with Crippen LogP contribution in [0.3, 0.4) is 0 Å². The molecule has 0 spiro atoms. The Labute approximate surface area is 134 Å². The van der Waals surface area contributed by atoms with Gasteiger partial charge in [0, 0.05) is 16.9 Å². The van der Waals surface area contributed by atoms with E-state index in [1.807, 2.05) is 36.4 Å². The number of carbonyl (C=O) groups is 1. The third-order valence-electron chi connectivity index (χ3n) is 4.21. The Morgan fingerprint density at radius 3 is 2.86 bits per heavy atom. The van der Waals surface area contributed by atoms with Gasteiger partial charge in [0.1, 0.15) is 5.75 Å². The van der Waals surface area contributed by atoms with Crippen molar-refractivity contribution in [3.63, 3.8) is 0 Å². The van der Waals surface area contributed by atoms with Crippen molar-refractivity contribution in [1.82, 2.24) is 5.32 Å². The van der Waals surface area contributed by atoms with Crippen molar-refractivity contribution in [2.75, 3.05) is 6.61 Å². The van der Waals surface area contributed by atoms with Crippen LogP contribution in [-0.2, 0) is 11.2 Å². The fraction of sp³-hybridized carbons (Fsp3) is 0.278. The molecule has 2 unspecified atom stereocenters. The van der Waals surface area contributed by atoms with E-state index in [4.69, 9.17) is 4.74 Å². The lowest BCUT2D eigenvalue weighted by Crippen LogP contribution is -2.37. The van der Waals surface area contributed by atoms with Gasteiger partial charge < -0.3 is 10.1 Å². The smallest absolute Gasteiger partial charge is 0.234 e. The van der Waals surface area contributed by atoms with Crippen molar-refractivity contribution >= 4 is 17.7 Å². The van der Waals surface area contributed by atoms with Gasteiger partial charge in [-0.1, -0.05) is 36.4 Å². The van der Waals surface area contributed by atoms with Crippen molar-refractivity contribution in [2.24, 2.45) is 0 Å². The first-order valence-corrected chi connectivity index (χ1v) is 8.46. The molecule has 2 heterocycles. The SMILES string of the molecule is O=C(NC1CCOc2ccccc21)C1Cc2ccccc2S1. The molecule has 0 saturated heterocycles. The van der Waals surface area contributed by atoms with Gasteiger partial charge in [0.2, 0.25) is 5.91 Å². The summed E-state index contributed by atoms with van der Waals surface area (Å²) in [5.74, 6) is 1.02. The maximum atomic E-state index is 12.6. The summed E-state index contributed by atoms with van der Waals surface area (Å²) in [6, 6.07) is 16.3. The van der Waals surface area contributed by atoms with Gasteiger partial charge in [-0.2, -0.15) is 0 Å². The van der Waals surface area contributed by atoms with E-state index in [2.05, 4.69) is 17.4 Å². The average Bonchev–Trinajstić information content (AvgIpc) is 2.99. The average molecular weight is 311 g/mol. The predicted molar refractivity (Wildman–Crippen MR) is 87.2 cm³/mol. The number of hydrogen-bond donors (Lipinski definition) is 1. The molecule has 3 nitrogen and oxygen atoms in total. The maximum Gasteiger partial charge on any atom is 0.234 e. The normalized spacial score (nSPS) is 22.4. The molecule has 2 aromatic carbocycles. The summed E-state index contributed by atoms with van der Waals surface area (Å²) in [5.41, 5.74) is 2.36. The molecule has 0 aromatic heterocycles. The van der Waals surface area contributed by atoms with Gasteiger partial charge >= 0.3 is 0 Å². The largest absolute Gasteiger partial charge is 0.493 e. The molecule has 0 bridgehead atoms. The van der Waals surface area contributed by atoms with Crippen molar-refractivity contribution in [1.29, 1.82) is 0 Å². The number of rotatable bonds is 2. The van der Waals surface area contributed by atoms with Crippen molar-refractivity contribution in [3.05, 3.63) is 59.7 Å². The Morgan fingerprint density at radius 2 is 1.95 bits per heavy atom. The van der Waals surface area contributed by atoms with Crippen LogP contribution in [-0.4, -0.2) is 17.8 Å². The van der Waals surface area contributed by atoms with E-state index >= 15 is 0 Å². The molecule has 4 heteroatoms. The number of hydrogen-bond acceptors (Lipinski definition) is 3.